The number of benzene rings is 2. The van der Waals surface area contributed by atoms with E-state index in [1.165, 1.54) is 0 Å². The Morgan fingerprint density at radius 3 is 2.26 bits per heavy atom. The smallest absolute Gasteiger partial charge is 0.427 e. The minimum Gasteiger partial charge on any atom is -0.427 e. The summed E-state index contributed by atoms with van der Waals surface area (Å²) >= 11 is 11.3. The average Bonchev–Trinajstić information content (AvgIpc) is 2.95. The Hall–Kier alpha value is -4.73. The quantitative estimate of drug-likeness (QED) is 0.0815. The lowest BCUT2D eigenvalue weighted by atomic mass is 10.2. The van der Waals surface area contributed by atoms with Gasteiger partial charge >= 0.3 is 24.9 Å². The van der Waals surface area contributed by atoms with Crippen molar-refractivity contribution in [1.82, 2.24) is 15.2 Å². The van der Waals surface area contributed by atoms with E-state index >= 15 is 0 Å². The molecule has 0 aliphatic carbocycles. The number of imide groups is 1. The van der Waals surface area contributed by atoms with Crippen molar-refractivity contribution in [3.8, 4) is 11.9 Å². The molecule has 47 heavy (non-hydrogen) atoms. The van der Waals surface area contributed by atoms with Crippen LogP contribution in [0, 0.1) is 23.1 Å². The van der Waals surface area contributed by atoms with Gasteiger partial charge in [0.2, 0.25) is 6.19 Å². The first kappa shape index (κ1) is 38.5. The predicted molar refractivity (Wildman–Crippen MR) is 151 cm³/mol. The number of urea groups is 1. The van der Waals surface area contributed by atoms with Gasteiger partial charge in [-0.3, -0.25) is 10.1 Å². The molecule has 20 heteroatoms. The molecule has 1 aromatic heterocycles. The van der Waals surface area contributed by atoms with Crippen molar-refractivity contribution in [2.75, 3.05) is 12.4 Å². The molecule has 0 spiro atoms. The van der Waals surface area contributed by atoms with Crippen LogP contribution in [0.25, 0.3) is 0 Å². The number of carbonyl (C=O) groups is 2. The molecular weight excluding hydrogens is 695 g/mol. The molecule has 1 atom stereocenters. The highest BCUT2D eigenvalue weighted by Crippen LogP contribution is 2.36. The van der Waals surface area contributed by atoms with Gasteiger partial charge < -0.3 is 15.0 Å². The molecule has 3 aromatic rings. The van der Waals surface area contributed by atoms with Gasteiger partial charge in [0, 0.05) is 25.5 Å². The Bertz CT molecular complexity index is 1620. The monoisotopic (exact) mass is 714 g/mol. The lowest BCUT2D eigenvalue weighted by Gasteiger charge is -2.22. The molecule has 0 aliphatic rings. The fourth-order valence-electron chi connectivity index (χ4n) is 3.13. The highest BCUT2D eigenvalue weighted by Gasteiger charge is 2.51. The summed E-state index contributed by atoms with van der Waals surface area (Å²) in [5.41, 5.74) is -0.295. The van der Waals surface area contributed by atoms with E-state index in [9.17, 15) is 44.7 Å². The Morgan fingerprint density at radius 1 is 1.09 bits per heavy atom. The van der Waals surface area contributed by atoms with Crippen LogP contribution in [0.15, 0.2) is 59.7 Å². The molecule has 3 amide bonds. The number of hydrogen-bond acceptors (Lipinski definition) is 7. The van der Waals surface area contributed by atoms with Crippen molar-refractivity contribution in [3.63, 3.8) is 0 Å². The number of nitrogens with one attached hydrogen (secondary N) is 2. The van der Waals surface area contributed by atoms with Crippen LogP contribution in [-0.4, -0.2) is 53.5 Å². The molecule has 1 unspecified atom stereocenters. The lowest BCUT2D eigenvalue weighted by molar-refractivity contribution is -0.411. The van der Waals surface area contributed by atoms with Gasteiger partial charge in [-0.05, 0) is 48.9 Å². The van der Waals surface area contributed by atoms with Gasteiger partial charge in [-0.25, -0.2) is 27.7 Å². The van der Waals surface area contributed by atoms with Gasteiger partial charge in [-0.15, -0.1) is 13.2 Å². The summed E-state index contributed by atoms with van der Waals surface area (Å²) in [5, 5.41) is 11.7. The van der Waals surface area contributed by atoms with Crippen LogP contribution in [0.4, 0.5) is 45.6 Å². The maximum atomic E-state index is 13.5. The van der Waals surface area contributed by atoms with Crippen molar-refractivity contribution in [3.05, 3.63) is 87.7 Å². The fourth-order valence-corrected chi connectivity index (χ4v) is 3.46. The van der Waals surface area contributed by atoms with Crippen LogP contribution in [-0.2, 0) is 11.3 Å². The number of aliphatic imine (C=N–C) groups is 1. The number of amides is 3. The molecule has 1 heterocycles. The average molecular weight is 715 g/mol. The van der Waals surface area contributed by atoms with E-state index in [0.717, 1.165) is 35.9 Å². The zero-order valence-electron chi connectivity index (χ0n) is 23.7. The molecule has 0 saturated heterocycles. The van der Waals surface area contributed by atoms with Crippen molar-refractivity contribution in [2.24, 2.45) is 4.99 Å². The third-order valence-electron chi connectivity index (χ3n) is 5.33. The van der Waals surface area contributed by atoms with Gasteiger partial charge in [0.1, 0.15) is 33.9 Å². The van der Waals surface area contributed by atoms with Gasteiger partial charge in [0.15, 0.2) is 0 Å². The number of nitrogens with zero attached hydrogens (tertiary/aromatic N) is 4. The van der Waals surface area contributed by atoms with Crippen molar-refractivity contribution >= 4 is 46.7 Å². The van der Waals surface area contributed by atoms with Crippen molar-refractivity contribution in [1.29, 1.82) is 5.26 Å². The largest absolute Gasteiger partial charge is 0.525 e. The number of anilines is 1. The van der Waals surface area contributed by atoms with E-state index < -0.39 is 58.7 Å². The van der Waals surface area contributed by atoms with E-state index in [0.29, 0.717) is 23.6 Å². The lowest BCUT2D eigenvalue weighted by Crippen LogP contribution is -2.41. The van der Waals surface area contributed by atoms with Gasteiger partial charge in [-0.2, -0.15) is 19.0 Å². The second-order valence-electron chi connectivity index (χ2n) is 8.80. The van der Waals surface area contributed by atoms with Gasteiger partial charge in [0.25, 0.3) is 5.91 Å². The van der Waals surface area contributed by atoms with E-state index in [4.69, 9.17) is 28.5 Å². The number of hydrogen-bond donors (Lipinski definition) is 2. The minimum absolute atomic E-state index is 0.270. The number of rotatable bonds is 8. The highest BCUT2D eigenvalue weighted by atomic mass is 35.5. The number of nitriles is 1. The van der Waals surface area contributed by atoms with E-state index in [1.54, 1.807) is 30.7 Å². The normalized spacial score (nSPS) is 12.2. The molecule has 252 valence electrons. The Morgan fingerprint density at radius 2 is 1.72 bits per heavy atom. The Balaban J connectivity index is 0.000000427. The zero-order chi connectivity index (χ0) is 35.5. The number of carbonyl (C=O) groups excluding carboxylic acids is 2. The summed E-state index contributed by atoms with van der Waals surface area (Å²) in [6.45, 7) is 2.44. The molecule has 2 aromatic carbocycles. The molecule has 0 radical (unpaired) electrons. The molecule has 0 saturated carbocycles. The fraction of sp³-hybridized carbons (Fsp3) is 0.222. The molecule has 3 rings (SSSR count). The first-order valence-electron chi connectivity index (χ1n) is 12.4. The van der Waals surface area contributed by atoms with E-state index in [-0.39, 0.29) is 5.69 Å². The molecule has 2 N–H and O–H groups in total. The molecule has 0 fully saturated rings. The number of aromatic nitrogens is 1. The summed E-state index contributed by atoms with van der Waals surface area (Å²) in [6, 6.07) is 7.06. The van der Waals surface area contributed by atoms with Crippen LogP contribution < -0.4 is 15.4 Å². The van der Waals surface area contributed by atoms with Gasteiger partial charge in [0.05, 0.1) is 5.02 Å². The summed E-state index contributed by atoms with van der Waals surface area (Å²) in [7, 11) is 1.87. The van der Waals surface area contributed by atoms with Crippen LogP contribution in [0.2, 0.25) is 10.2 Å². The summed E-state index contributed by atoms with van der Waals surface area (Å²) in [4.78, 5) is 33.1. The highest BCUT2D eigenvalue weighted by molar-refractivity contribution is 6.32. The number of halogens is 10. The van der Waals surface area contributed by atoms with E-state index in [2.05, 4.69) is 19.5 Å². The van der Waals surface area contributed by atoms with Crippen molar-refractivity contribution < 1.29 is 54.2 Å². The second kappa shape index (κ2) is 16.7. The maximum Gasteiger partial charge on any atom is 0.525 e. The van der Waals surface area contributed by atoms with Gasteiger partial charge in [-0.1, -0.05) is 35.3 Å². The maximum absolute atomic E-state index is 13.5. The third kappa shape index (κ3) is 12.5. The predicted octanol–water partition coefficient (Wildman–Crippen LogP) is 7.45. The molecule has 10 nitrogen and oxygen atoms in total. The molecular formula is C27H20Cl2F8N6O4. The molecule has 0 bridgehead atoms. The SMILES string of the molecule is CC(=NC#N)N(C)Cc1ccc(Cl)nc1.O=C(NC(=O)c1c(F)cccc1F)Nc1ccc(OC(F)(F)C(F)OC(F)(F)F)c(Cl)c1. The standard InChI is InChI=1S/C17H9ClF8N2O4.C10H11ClN4/c18-8-6-7(4-5-11(8)31-16(22,23)14(21)32-17(24,25)26)27-15(30)28-13(29)12-9(19)2-1-3-10(12)20;1-8(14-7-12)15(2)6-9-3-4-10(11)13-5-9/h1-6,14H,(H2,27,28,29,30);3-5H,6H2,1-2H3. The minimum atomic E-state index is -5.71. The summed E-state index contributed by atoms with van der Waals surface area (Å²) < 4.78 is 109. The number of pyridine rings is 1. The zero-order valence-corrected chi connectivity index (χ0v) is 25.2. The Kier molecular flexibility index (Phi) is 13.7. The van der Waals surface area contributed by atoms with Crippen LogP contribution >= 0.6 is 23.2 Å². The molecule has 0 aliphatic heterocycles. The third-order valence-corrected chi connectivity index (χ3v) is 5.85. The van der Waals surface area contributed by atoms with Crippen LogP contribution in [0.3, 0.4) is 0 Å². The number of alkyl halides is 6. The topological polar surface area (TPSA) is 129 Å². The summed E-state index contributed by atoms with van der Waals surface area (Å²) in [5.74, 6) is -4.25. The first-order chi connectivity index (χ1) is 21.8. The Labute approximate surface area is 270 Å². The van der Waals surface area contributed by atoms with Crippen LogP contribution in [0.5, 0.6) is 5.75 Å². The second-order valence-corrected chi connectivity index (χ2v) is 9.59. The van der Waals surface area contributed by atoms with Crippen LogP contribution in [0.1, 0.15) is 22.8 Å². The van der Waals surface area contributed by atoms with E-state index in [1.807, 2.05) is 23.3 Å². The number of ether oxygens (including phenoxy) is 2. The van der Waals surface area contributed by atoms with Crippen molar-refractivity contribution in [2.45, 2.75) is 32.3 Å². The first-order valence-corrected chi connectivity index (χ1v) is 13.1. The number of amidine groups is 1. The summed E-state index contributed by atoms with van der Waals surface area (Å²) in [6.07, 6.45) is -11.6.